The van der Waals surface area contributed by atoms with E-state index in [2.05, 4.69) is 15.3 Å². The summed E-state index contributed by atoms with van der Waals surface area (Å²) in [7, 11) is 1.52. The molecule has 24 heavy (non-hydrogen) atoms. The van der Waals surface area contributed by atoms with Crippen LogP contribution in [0.15, 0.2) is 49.1 Å². The molecule has 1 N–H and O–H groups in total. The van der Waals surface area contributed by atoms with Gasteiger partial charge in [0.2, 0.25) is 0 Å². The van der Waals surface area contributed by atoms with Crippen LogP contribution in [0.4, 0.5) is 5.69 Å². The first kappa shape index (κ1) is 15.7. The number of hydrogen-bond donors (Lipinski definition) is 1. The Balaban J connectivity index is 1.79. The summed E-state index contributed by atoms with van der Waals surface area (Å²) in [6.45, 7) is 3.99. The zero-order valence-corrected chi connectivity index (χ0v) is 13.8. The van der Waals surface area contributed by atoms with Crippen LogP contribution in [0.2, 0.25) is 0 Å². The Kier molecular flexibility index (Phi) is 4.29. The number of methoxy groups -OCH3 is 1. The molecule has 2 heterocycles. The number of imidazole rings is 1. The van der Waals surface area contributed by atoms with Crippen LogP contribution in [0.1, 0.15) is 21.7 Å². The minimum atomic E-state index is -0.262. The number of carbonyl (C=O) groups excluding carboxylic acids is 1. The van der Waals surface area contributed by atoms with Gasteiger partial charge in [-0.05, 0) is 44.2 Å². The maximum Gasteiger partial charge on any atom is 0.261 e. The van der Waals surface area contributed by atoms with Crippen molar-refractivity contribution in [3.63, 3.8) is 0 Å². The minimum Gasteiger partial charge on any atom is -0.496 e. The summed E-state index contributed by atoms with van der Waals surface area (Å²) >= 11 is 0. The van der Waals surface area contributed by atoms with Gasteiger partial charge < -0.3 is 14.6 Å². The van der Waals surface area contributed by atoms with Crippen molar-refractivity contribution >= 4 is 11.6 Å². The lowest BCUT2D eigenvalue weighted by Gasteiger charge is -2.10. The highest BCUT2D eigenvalue weighted by Gasteiger charge is 2.12. The number of amides is 1. The third-order valence-corrected chi connectivity index (χ3v) is 3.90. The van der Waals surface area contributed by atoms with Gasteiger partial charge in [0.25, 0.3) is 5.91 Å². The van der Waals surface area contributed by atoms with E-state index >= 15 is 0 Å². The molecule has 3 aromatic rings. The number of anilines is 1. The highest BCUT2D eigenvalue weighted by molar-refractivity contribution is 6.05. The van der Waals surface area contributed by atoms with Gasteiger partial charge in [-0.25, -0.2) is 4.98 Å². The van der Waals surface area contributed by atoms with Crippen molar-refractivity contribution in [1.29, 1.82) is 0 Å². The molecular weight excluding hydrogens is 304 g/mol. The Hall–Kier alpha value is -3.15. The number of benzene rings is 1. The summed E-state index contributed by atoms with van der Waals surface area (Å²) in [5.74, 6) is 0.228. The van der Waals surface area contributed by atoms with Crippen LogP contribution in [-0.4, -0.2) is 27.6 Å². The number of pyridine rings is 1. The third kappa shape index (κ3) is 2.99. The second-order valence-corrected chi connectivity index (χ2v) is 5.36. The van der Waals surface area contributed by atoms with Crippen molar-refractivity contribution in [2.75, 3.05) is 12.4 Å². The number of aryl methyl sites for hydroxylation is 1. The maximum absolute atomic E-state index is 12.4. The predicted molar refractivity (Wildman–Crippen MR) is 91.8 cm³/mol. The molecule has 0 aliphatic carbocycles. The first-order chi connectivity index (χ1) is 11.6. The van der Waals surface area contributed by atoms with Crippen molar-refractivity contribution in [3.8, 4) is 11.4 Å². The smallest absolute Gasteiger partial charge is 0.261 e. The number of nitrogens with one attached hydrogen (secondary N) is 1. The first-order valence-corrected chi connectivity index (χ1v) is 7.50. The van der Waals surface area contributed by atoms with E-state index in [0.717, 1.165) is 17.1 Å². The van der Waals surface area contributed by atoms with Gasteiger partial charge >= 0.3 is 0 Å². The molecule has 0 aliphatic rings. The number of carbonyl (C=O) groups is 1. The second kappa shape index (κ2) is 6.54. The minimum absolute atomic E-state index is 0.262. The SMILES string of the molecule is COc1ccncc1C(=O)Nc1ccc(-n2cnc(C)c2C)cc1. The van der Waals surface area contributed by atoms with Crippen molar-refractivity contribution < 1.29 is 9.53 Å². The van der Waals surface area contributed by atoms with E-state index in [1.54, 1.807) is 18.6 Å². The lowest BCUT2D eigenvalue weighted by atomic mass is 10.2. The molecule has 6 heteroatoms. The Bertz CT molecular complexity index is 869. The van der Waals surface area contributed by atoms with Crippen molar-refractivity contribution in [2.45, 2.75) is 13.8 Å². The molecule has 0 spiro atoms. The molecule has 122 valence electrons. The monoisotopic (exact) mass is 322 g/mol. The van der Waals surface area contributed by atoms with E-state index in [0.29, 0.717) is 17.0 Å². The molecule has 6 nitrogen and oxygen atoms in total. The highest BCUT2D eigenvalue weighted by Crippen LogP contribution is 2.20. The van der Waals surface area contributed by atoms with Crippen LogP contribution < -0.4 is 10.1 Å². The molecule has 0 bridgehead atoms. The largest absolute Gasteiger partial charge is 0.496 e. The standard InChI is InChI=1S/C18H18N4O2/c1-12-13(2)22(11-20-12)15-6-4-14(5-7-15)21-18(23)16-10-19-9-8-17(16)24-3/h4-11H,1-3H3,(H,21,23). The molecule has 3 rings (SSSR count). The number of ether oxygens (including phenoxy) is 1. The molecular formula is C18H18N4O2. The van der Waals surface area contributed by atoms with Crippen molar-refractivity contribution in [2.24, 2.45) is 0 Å². The van der Waals surface area contributed by atoms with E-state index in [-0.39, 0.29) is 5.91 Å². The average Bonchev–Trinajstić information content (AvgIpc) is 2.95. The van der Waals surface area contributed by atoms with Crippen LogP contribution in [0, 0.1) is 13.8 Å². The summed E-state index contributed by atoms with van der Waals surface area (Å²) in [5.41, 5.74) is 4.17. The van der Waals surface area contributed by atoms with Crippen LogP contribution in [0.5, 0.6) is 5.75 Å². The summed E-state index contributed by atoms with van der Waals surface area (Å²) in [6, 6.07) is 9.23. The van der Waals surface area contributed by atoms with E-state index in [9.17, 15) is 4.79 Å². The van der Waals surface area contributed by atoms with Gasteiger partial charge in [0.1, 0.15) is 5.75 Å². The molecule has 0 fully saturated rings. The van der Waals surface area contributed by atoms with Gasteiger partial charge in [-0.3, -0.25) is 9.78 Å². The number of rotatable bonds is 4. The maximum atomic E-state index is 12.4. The fourth-order valence-electron chi connectivity index (χ4n) is 2.39. The van der Waals surface area contributed by atoms with Gasteiger partial charge in [0, 0.05) is 29.5 Å². The lowest BCUT2D eigenvalue weighted by Crippen LogP contribution is -2.13. The van der Waals surface area contributed by atoms with Gasteiger partial charge in [-0.1, -0.05) is 0 Å². The molecule has 0 unspecified atom stereocenters. The molecule has 0 saturated heterocycles. The summed E-state index contributed by atoms with van der Waals surface area (Å²) < 4.78 is 7.19. The summed E-state index contributed by atoms with van der Waals surface area (Å²) in [5, 5.41) is 2.85. The van der Waals surface area contributed by atoms with Crippen molar-refractivity contribution in [3.05, 3.63) is 66.0 Å². The Morgan fingerprint density at radius 1 is 1.17 bits per heavy atom. The van der Waals surface area contributed by atoms with Gasteiger partial charge in [0.15, 0.2) is 0 Å². The van der Waals surface area contributed by atoms with Crippen LogP contribution in [0.25, 0.3) is 5.69 Å². The summed E-state index contributed by atoms with van der Waals surface area (Å²) in [6.07, 6.45) is 4.86. The zero-order valence-electron chi connectivity index (χ0n) is 13.8. The quantitative estimate of drug-likeness (QED) is 0.801. The van der Waals surface area contributed by atoms with E-state index in [1.807, 2.05) is 42.7 Å². The Labute approximate surface area is 140 Å². The second-order valence-electron chi connectivity index (χ2n) is 5.36. The molecule has 0 aliphatic heterocycles. The van der Waals surface area contributed by atoms with Gasteiger partial charge in [-0.2, -0.15) is 0 Å². The van der Waals surface area contributed by atoms with Crippen LogP contribution in [0.3, 0.4) is 0 Å². The average molecular weight is 322 g/mol. The lowest BCUT2D eigenvalue weighted by molar-refractivity contribution is 0.102. The molecule has 0 saturated carbocycles. The van der Waals surface area contributed by atoms with Crippen LogP contribution in [-0.2, 0) is 0 Å². The molecule has 1 amide bonds. The van der Waals surface area contributed by atoms with E-state index in [4.69, 9.17) is 4.74 Å². The van der Waals surface area contributed by atoms with Crippen molar-refractivity contribution in [1.82, 2.24) is 14.5 Å². The molecule has 0 radical (unpaired) electrons. The van der Waals surface area contributed by atoms with Gasteiger partial charge in [0.05, 0.1) is 24.7 Å². The summed E-state index contributed by atoms with van der Waals surface area (Å²) in [4.78, 5) is 20.6. The van der Waals surface area contributed by atoms with E-state index < -0.39 is 0 Å². The fraction of sp³-hybridized carbons (Fsp3) is 0.167. The third-order valence-electron chi connectivity index (χ3n) is 3.90. The molecule has 2 aromatic heterocycles. The van der Waals surface area contributed by atoms with Crippen LogP contribution >= 0.6 is 0 Å². The number of hydrogen-bond acceptors (Lipinski definition) is 4. The molecule has 0 atom stereocenters. The normalized spacial score (nSPS) is 10.5. The zero-order chi connectivity index (χ0) is 17.1. The van der Waals surface area contributed by atoms with Gasteiger partial charge in [-0.15, -0.1) is 0 Å². The Morgan fingerprint density at radius 2 is 1.92 bits per heavy atom. The predicted octanol–water partition coefficient (Wildman–Crippen LogP) is 3.15. The van der Waals surface area contributed by atoms with E-state index in [1.165, 1.54) is 13.3 Å². The number of aromatic nitrogens is 3. The number of nitrogens with zero attached hydrogens (tertiary/aromatic N) is 3. The first-order valence-electron chi connectivity index (χ1n) is 7.50. The molecule has 1 aromatic carbocycles. The topological polar surface area (TPSA) is 69.0 Å². The Morgan fingerprint density at radius 3 is 2.54 bits per heavy atom. The highest BCUT2D eigenvalue weighted by atomic mass is 16.5. The fourth-order valence-corrected chi connectivity index (χ4v) is 2.39.